The highest BCUT2D eigenvalue weighted by Crippen LogP contribution is 2.34. The van der Waals surface area contributed by atoms with Crippen LogP contribution in [0.15, 0.2) is 84.9 Å². The molecule has 0 spiro atoms. The molecule has 0 aliphatic carbocycles. The van der Waals surface area contributed by atoms with Crippen LogP contribution in [0.5, 0.6) is 0 Å². The number of urea groups is 1. The van der Waals surface area contributed by atoms with Gasteiger partial charge in [0.15, 0.2) is 0 Å². The Kier molecular flexibility index (Phi) is 8.51. The lowest BCUT2D eigenvalue weighted by Gasteiger charge is -2.24. The molecule has 3 aromatic carbocycles. The molecule has 0 atom stereocenters. The Morgan fingerprint density at radius 1 is 0.878 bits per heavy atom. The average Bonchev–Trinajstić information content (AvgIpc) is 3.33. The second kappa shape index (κ2) is 11.9. The Hall–Kier alpha value is -4.60. The largest absolute Gasteiger partial charge is 0.418 e. The summed E-state index contributed by atoms with van der Waals surface area (Å²) in [6, 6.07) is 22.2. The van der Waals surface area contributed by atoms with Crippen LogP contribution in [0, 0.1) is 6.92 Å². The molecule has 2 N–H and O–H groups in total. The summed E-state index contributed by atoms with van der Waals surface area (Å²) < 4.78 is 42.3. The molecule has 7 nitrogen and oxygen atoms in total. The molecule has 3 amide bonds. The van der Waals surface area contributed by atoms with Gasteiger partial charge in [-0.3, -0.25) is 4.79 Å². The number of carbonyl (C=O) groups excluding carboxylic acids is 2. The Bertz CT molecular complexity index is 1520. The lowest BCUT2D eigenvalue weighted by molar-refractivity contribution is -0.137. The van der Waals surface area contributed by atoms with Crippen molar-refractivity contribution < 1.29 is 22.8 Å². The number of nitrogens with one attached hydrogen (secondary N) is 2. The normalized spacial score (nSPS) is 11.7. The SMILES string of the molecule is Cc1cccc(-n2nc(C(C)(C)C)cc2NC(=O)CN(Cc2ccccc2)C(=O)Nc2ccccc2C(F)(F)F)c1. The molecule has 41 heavy (non-hydrogen) atoms. The summed E-state index contributed by atoms with van der Waals surface area (Å²) in [7, 11) is 0. The lowest BCUT2D eigenvalue weighted by atomic mass is 9.92. The van der Waals surface area contributed by atoms with Crippen LogP contribution < -0.4 is 10.6 Å². The zero-order chi connectivity index (χ0) is 29.8. The number of aryl methyl sites for hydroxylation is 1. The van der Waals surface area contributed by atoms with E-state index in [4.69, 9.17) is 5.10 Å². The zero-order valence-corrected chi connectivity index (χ0v) is 23.3. The van der Waals surface area contributed by atoms with E-state index in [2.05, 4.69) is 10.6 Å². The van der Waals surface area contributed by atoms with E-state index in [1.54, 1.807) is 41.1 Å². The second-order valence-electron chi connectivity index (χ2n) is 10.8. The van der Waals surface area contributed by atoms with Crippen LogP contribution in [0.3, 0.4) is 0 Å². The standard InChI is InChI=1S/C31H32F3N5O2/c1-21-11-10-14-23(17-21)39-27(18-26(37-39)30(2,3)4)36-28(40)20-38(19-22-12-6-5-7-13-22)29(41)35-25-16-9-8-15-24(25)31(32,33)34/h5-18H,19-20H2,1-4H3,(H,35,41)(H,36,40). The van der Waals surface area contributed by atoms with Crippen molar-refractivity contribution in [2.75, 3.05) is 17.2 Å². The average molecular weight is 564 g/mol. The number of alkyl halides is 3. The van der Waals surface area contributed by atoms with Crippen LogP contribution in [0.1, 0.15) is 43.2 Å². The van der Waals surface area contributed by atoms with Gasteiger partial charge in [0.2, 0.25) is 5.91 Å². The number of benzene rings is 3. The number of para-hydroxylation sites is 1. The van der Waals surface area contributed by atoms with Gasteiger partial charge < -0.3 is 15.5 Å². The third-order valence-corrected chi connectivity index (χ3v) is 6.30. The van der Waals surface area contributed by atoms with Crippen LogP contribution in [-0.4, -0.2) is 33.2 Å². The maximum atomic E-state index is 13.6. The smallest absolute Gasteiger partial charge is 0.311 e. The van der Waals surface area contributed by atoms with Crippen molar-refractivity contribution in [1.29, 1.82) is 0 Å². The van der Waals surface area contributed by atoms with E-state index in [1.165, 1.54) is 18.2 Å². The maximum absolute atomic E-state index is 13.6. The summed E-state index contributed by atoms with van der Waals surface area (Å²) in [5.41, 5.74) is 1.54. The van der Waals surface area contributed by atoms with Crippen LogP contribution in [0.4, 0.5) is 29.5 Å². The van der Waals surface area contributed by atoms with Crippen LogP contribution >= 0.6 is 0 Å². The van der Waals surface area contributed by atoms with Crippen molar-refractivity contribution in [2.45, 2.75) is 45.8 Å². The molecule has 0 saturated carbocycles. The molecule has 0 radical (unpaired) electrons. The molecule has 0 aliphatic rings. The number of aromatic nitrogens is 2. The Morgan fingerprint density at radius 3 is 2.22 bits per heavy atom. The van der Waals surface area contributed by atoms with E-state index < -0.39 is 35.9 Å². The first kappa shape index (κ1) is 29.4. The highest BCUT2D eigenvalue weighted by Gasteiger charge is 2.34. The summed E-state index contributed by atoms with van der Waals surface area (Å²) in [6.07, 6.45) is -4.66. The molecule has 1 aromatic heterocycles. The molecule has 0 bridgehead atoms. The minimum absolute atomic E-state index is 0.00133. The number of hydrogen-bond acceptors (Lipinski definition) is 3. The molecule has 4 aromatic rings. The summed E-state index contributed by atoms with van der Waals surface area (Å²) in [5, 5.41) is 9.91. The quantitative estimate of drug-likeness (QED) is 0.250. The van der Waals surface area contributed by atoms with Crippen LogP contribution in [0.25, 0.3) is 5.69 Å². The molecule has 1 heterocycles. The molecule has 214 valence electrons. The van der Waals surface area contributed by atoms with Crippen molar-refractivity contribution in [1.82, 2.24) is 14.7 Å². The Balaban J connectivity index is 1.61. The number of halogens is 3. The first-order valence-electron chi connectivity index (χ1n) is 13.0. The van der Waals surface area contributed by atoms with Crippen molar-refractivity contribution in [3.8, 4) is 5.69 Å². The predicted octanol–water partition coefficient (Wildman–Crippen LogP) is 7.17. The van der Waals surface area contributed by atoms with Gasteiger partial charge in [0.1, 0.15) is 12.4 Å². The second-order valence-corrected chi connectivity index (χ2v) is 10.8. The minimum atomic E-state index is -4.66. The molecule has 0 fully saturated rings. The molecule has 0 saturated heterocycles. The number of nitrogens with zero attached hydrogens (tertiary/aromatic N) is 3. The minimum Gasteiger partial charge on any atom is -0.311 e. The van der Waals surface area contributed by atoms with Gasteiger partial charge in [0.05, 0.1) is 22.6 Å². The summed E-state index contributed by atoms with van der Waals surface area (Å²) in [6.45, 7) is 7.55. The van der Waals surface area contributed by atoms with E-state index in [0.29, 0.717) is 11.4 Å². The van der Waals surface area contributed by atoms with Crippen molar-refractivity contribution in [2.24, 2.45) is 0 Å². The third kappa shape index (κ3) is 7.53. The number of carbonyl (C=O) groups is 2. The van der Waals surface area contributed by atoms with Gasteiger partial charge in [-0.2, -0.15) is 18.3 Å². The Morgan fingerprint density at radius 2 is 1.56 bits per heavy atom. The van der Waals surface area contributed by atoms with Gasteiger partial charge in [0.25, 0.3) is 0 Å². The fourth-order valence-electron chi connectivity index (χ4n) is 4.19. The topological polar surface area (TPSA) is 79.3 Å². The summed E-state index contributed by atoms with van der Waals surface area (Å²) >= 11 is 0. The number of anilines is 2. The van der Waals surface area contributed by atoms with Gasteiger partial charge in [-0.1, -0.05) is 75.4 Å². The fourth-order valence-corrected chi connectivity index (χ4v) is 4.19. The van der Waals surface area contributed by atoms with Crippen molar-refractivity contribution >= 4 is 23.4 Å². The third-order valence-electron chi connectivity index (χ3n) is 6.30. The maximum Gasteiger partial charge on any atom is 0.418 e. The highest BCUT2D eigenvalue weighted by molar-refractivity contribution is 5.97. The number of rotatable bonds is 7. The summed E-state index contributed by atoms with van der Waals surface area (Å²) in [5.74, 6) is -0.123. The molecule has 0 aliphatic heterocycles. The fraction of sp³-hybridized carbons (Fsp3) is 0.258. The highest BCUT2D eigenvalue weighted by atomic mass is 19.4. The van der Waals surface area contributed by atoms with E-state index in [1.807, 2.05) is 52.0 Å². The van der Waals surface area contributed by atoms with Gasteiger partial charge >= 0.3 is 12.2 Å². The lowest BCUT2D eigenvalue weighted by Crippen LogP contribution is -2.40. The van der Waals surface area contributed by atoms with Crippen LogP contribution in [0.2, 0.25) is 0 Å². The molecule has 4 rings (SSSR count). The monoisotopic (exact) mass is 563 g/mol. The molecular weight excluding hydrogens is 531 g/mol. The summed E-state index contributed by atoms with van der Waals surface area (Å²) in [4.78, 5) is 27.8. The Labute approximate surface area is 237 Å². The van der Waals surface area contributed by atoms with E-state index in [9.17, 15) is 22.8 Å². The van der Waals surface area contributed by atoms with Gasteiger partial charge in [0, 0.05) is 18.0 Å². The van der Waals surface area contributed by atoms with Crippen LogP contribution in [-0.2, 0) is 22.9 Å². The van der Waals surface area contributed by atoms with E-state index in [-0.39, 0.29) is 12.0 Å². The number of hydrogen-bond donors (Lipinski definition) is 2. The zero-order valence-electron chi connectivity index (χ0n) is 23.3. The molecule has 10 heteroatoms. The first-order valence-corrected chi connectivity index (χ1v) is 13.0. The van der Waals surface area contributed by atoms with E-state index >= 15 is 0 Å². The molecular formula is C31H32F3N5O2. The van der Waals surface area contributed by atoms with E-state index in [0.717, 1.165) is 27.9 Å². The van der Waals surface area contributed by atoms with Crippen molar-refractivity contribution in [3.05, 3.63) is 107 Å². The van der Waals surface area contributed by atoms with Gasteiger partial charge in [-0.25, -0.2) is 9.48 Å². The molecule has 0 unspecified atom stereocenters. The van der Waals surface area contributed by atoms with Crippen molar-refractivity contribution in [3.63, 3.8) is 0 Å². The van der Waals surface area contributed by atoms with Gasteiger partial charge in [-0.05, 0) is 42.3 Å². The first-order chi connectivity index (χ1) is 19.3. The number of amides is 3. The predicted molar refractivity (Wildman–Crippen MR) is 153 cm³/mol. The van der Waals surface area contributed by atoms with Gasteiger partial charge in [-0.15, -0.1) is 0 Å².